The first-order valence-corrected chi connectivity index (χ1v) is 6.25. The second-order valence-corrected chi connectivity index (χ2v) is 4.42. The number of nitriles is 1. The maximum atomic E-state index is 9.23. The molecule has 4 heteroatoms. The molecule has 0 saturated carbocycles. The fraction of sp³-hybridized carbons (Fsp3) is 0.267. The van der Waals surface area contributed by atoms with Gasteiger partial charge in [-0.05, 0) is 43.5 Å². The van der Waals surface area contributed by atoms with Crippen LogP contribution in [0.5, 0.6) is 0 Å². The van der Waals surface area contributed by atoms with Crippen molar-refractivity contribution in [2.45, 2.75) is 27.2 Å². The number of benzene rings is 1. The van der Waals surface area contributed by atoms with Crippen LogP contribution >= 0.6 is 0 Å². The van der Waals surface area contributed by atoms with E-state index in [9.17, 15) is 5.26 Å². The van der Waals surface area contributed by atoms with E-state index in [-0.39, 0.29) is 0 Å². The number of nitrogens with zero attached hydrogens (tertiary/aromatic N) is 3. The molecular weight excluding hydrogens is 236 g/mol. The van der Waals surface area contributed by atoms with Crippen molar-refractivity contribution in [2.75, 3.05) is 5.32 Å². The van der Waals surface area contributed by atoms with Crippen molar-refractivity contribution < 1.29 is 0 Å². The standard InChI is InChI=1S/C15H16N4/c1-4-12-5-7-13(8-6-12)17-15-14(9-16)10(2)11(3)18-19-15/h5-8H,4H2,1-3H3,(H,17,19). The minimum absolute atomic E-state index is 0.509. The van der Waals surface area contributed by atoms with Gasteiger partial charge in [0.05, 0.1) is 5.69 Å². The Hall–Kier alpha value is -2.41. The predicted molar refractivity (Wildman–Crippen MR) is 75.3 cm³/mol. The Labute approximate surface area is 113 Å². The highest BCUT2D eigenvalue weighted by Gasteiger charge is 2.10. The fourth-order valence-electron chi connectivity index (χ4n) is 1.79. The first kappa shape index (κ1) is 13.0. The fourth-order valence-corrected chi connectivity index (χ4v) is 1.79. The summed E-state index contributed by atoms with van der Waals surface area (Å²) in [6.07, 6.45) is 1.01. The van der Waals surface area contributed by atoms with Gasteiger partial charge >= 0.3 is 0 Å². The first-order chi connectivity index (χ1) is 9.15. The lowest BCUT2D eigenvalue weighted by Gasteiger charge is -2.09. The number of hydrogen-bond donors (Lipinski definition) is 1. The van der Waals surface area contributed by atoms with Gasteiger partial charge in [0.25, 0.3) is 0 Å². The predicted octanol–water partition coefficient (Wildman–Crippen LogP) is 3.27. The summed E-state index contributed by atoms with van der Waals surface area (Å²) in [5.74, 6) is 0.509. The quantitative estimate of drug-likeness (QED) is 0.910. The highest BCUT2D eigenvalue weighted by molar-refractivity contribution is 5.64. The van der Waals surface area contributed by atoms with Crippen LogP contribution in [0, 0.1) is 25.2 Å². The zero-order valence-electron chi connectivity index (χ0n) is 11.4. The highest BCUT2D eigenvalue weighted by atomic mass is 15.2. The number of hydrogen-bond acceptors (Lipinski definition) is 4. The number of rotatable bonds is 3. The third kappa shape index (κ3) is 2.71. The summed E-state index contributed by atoms with van der Waals surface area (Å²) in [5, 5.41) is 20.5. The number of aromatic nitrogens is 2. The van der Waals surface area contributed by atoms with Gasteiger partial charge in [-0.2, -0.15) is 10.4 Å². The Balaban J connectivity index is 2.33. The van der Waals surface area contributed by atoms with Gasteiger partial charge in [0.1, 0.15) is 11.6 Å². The molecule has 1 N–H and O–H groups in total. The molecule has 0 aliphatic heterocycles. The van der Waals surface area contributed by atoms with Crippen LogP contribution in [0.2, 0.25) is 0 Å². The molecule has 0 atom stereocenters. The van der Waals surface area contributed by atoms with E-state index >= 15 is 0 Å². The van der Waals surface area contributed by atoms with Gasteiger partial charge in [-0.25, -0.2) is 0 Å². The van der Waals surface area contributed by atoms with E-state index in [1.165, 1.54) is 5.56 Å². The molecule has 19 heavy (non-hydrogen) atoms. The molecule has 1 heterocycles. The molecule has 2 rings (SSSR count). The summed E-state index contributed by atoms with van der Waals surface area (Å²) < 4.78 is 0. The van der Waals surface area contributed by atoms with E-state index < -0.39 is 0 Å². The first-order valence-electron chi connectivity index (χ1n) is 6.25. The summed E-state index contributed by atoms with van der Waals surface area (Å²) in [6.45, 7) is 5.85. The van der Waals surface area contributed by atoms with Crippen molar-refractivity contribution >= 4 is 11.5 Å². The van der Waals surface area contributed by atoms with Crippen LogP contribution in [0.4, 0.5) is 11.5 Å². The van der Waals surface area contributed by atoms with Gasteiger partial charge in [0.15, 0.2) is 5.82 Å². The average Bonchev–Trinajstić information content (AvgIpc) is 2.44. The van der Waals surface area contributed by atoms with Crippen LogP contribution in [-0.2, 0) is 6.42 Å². The summed E-state index contributed by atoms with van der Waals surface area (Å²) in [6, 6.07) is 10.3. The lowest BCUT2D eigenvalue weighted by atomic mass is 10.1. The van der Waals surface area contributed by atoms with E-state index in [0.29, 0.717) is 11.4 Å². The van der Waals surface area contributed by atoms with Gasteiger partial charge in [-0.15, -0.1) is 5.10 Å². The van der Waals surface area contributed by atoms with Gasteiger partial charge in [0, 0.05) is 5.69 Å². The van der Waals surface area contributed by atoms with E-state index in [4.69, 9.17) is 0 Å². The van der Waals surface area contributed by atoms with Crippen molar-refractivity contribution in [3.8, 4) is 6.07 Å². The maximum Gasteiger partial charge on any atom is 0.171 e. The molecule has 0 spiro atoms. The van der Waals surface area contributed by atoms with Crippen LogP contribution < -0.4 is 5.32 Å². The highest BCUT2D eigenvalue weighted by Crippen LogP contribution is 2.21. The molecule has 0 saturated heterocycles. The zero-order valence-corrected chi connectivity index (χ0v) is 11.4. The molecule has 96 valence electrons. The van der Waals surface area contributed by atoms with Crippen LogP contribution in [0.25, 0.3) is 0 Å². The van der Waals surface area contributed by atoms with Gasteiger partial charge in [-0.1, -0.05) is 19.1 Å². The summed E-state index contributed by atoms with van der Waals surface area (Å²) >= 11 is 0. The SMILES string of the molecule is CCc1ccc(Nc2nnc(C)c(C)c2C#N)cc1. The van der Waals surface area contributed by atoms with E-state index in [1.807, 2.05) is 26.0 Å². The molecule has 0 aliphatic rings. The molecule has 0 aliphatic carbocycles. The monoisotopic (exact) mass is 252 g/mol. The molecule has 0 unspecified atom stereocenters. The Kier molecular flexibility index (Phi) is 3.76. The van der Waals surface area contributed by atoms with Crippen LogP contribution in [0.15, 0.2) is 24.3 Å². The van der Waals surface area contributed by atoms with E-state index in [1.54, 1.807) is 0 Å². The Morgan fingerprint density at radius 2 is 1.84 bits per heavy atom. The van der Waals surface area contributed by atoms with E-state index in [0.717, 1.165) is 23.4 Å². The minimum Gasteiger partial charge on any atom is -0.338 e. The zero-order chi connectivity index (χ0) is 13.8. The topological polar surface area (TPSA) is 61.6 Å². The van der Waals surface area contributed by atoms with Crippen LogP contribution in [0.3, 0.4) is 0 Å². The van der Waals surface area contributed by atoms with Gasteiger partial charge in [0.2, 0.25) is 0 Å². The van der Waals surface area contributed by atoms with Crippen LogP contribution in [0.1, 0.15) is 29.3 Å². The third-order valence-electron chi connectivity index (χ3n) is 3.19. The minimum atomic E-state index is 0.509. The molecule has 1 aromatic heterocycles. The molecular formula is C15H16N4. The third-order valence-corrected chi connectivity index (χ3v) is 3.19. The molecule has 4 nitrogen and oxygen atoms in total. The molecule has 2 aromatic rings. The molecule has 0 amide bonds. The normalized spacial score (nSPS) is 10.0. The van der Waals surface area contributed by atoms with Crippen molar-refractivity contribution in [1.82, 2.24) is 10.2 Å². The number of nitrogens with one attached hydrogen (secondary N) is 1. The lowest BCUT2D eigenvalue weighted by Crippen LogP contribution is -2.03. The van der Waals surface area contributed by atoms with Gasteiger partial charge in [-0.3, -0.25) is 0 Å². The van der Waals surface area contributed by atoms with Crippen molar-refractivity contribution in [3.05, 3.63) is 46.6 Å². The Morgan fingerprint density at radius 3 is 2.42 bits per heavy atom. The Morgan fingerprint density at radius 1 is 1.16 bits per heavy atom. The van der Waals surface area contributed by atoms with Crippen LogP contribution in [-0.4, -0.2) is 10.2 Å². The molecule has 0 fully saturated rings. The Bertz CT molecular complexity index is 624. The lowest BCUT2D eigenvalue weighted by molar-refractivity contribution is 0.960. The van der Waals surface area contributed by atoms with Crippen molar-refractivity contribution in [2.24, 2.45) is 0 Å². The van der Waals surface area contributed by atoms with Crippen molar-refractivity contribution in [1.29, 1.82) is 5.26 Å². The smallest absolute Gasteiger partial charge is 0.171 e. The number of aryl methyl sites for hydroxylation is 2. The molecule has 0 radical (unpaired) electrons. The number of anilines is 2. The second kappa shape index (κ2) is 5.49. The van der Waals surface area contributed by atoms with Gasteiger partial charge < -0.3 is 5.32 Å². The summed E-state index contributed by atoms with van der Waals surface area (Å²) in [7, 11) is 0. The average molecular weight is 252 g/mol. The maximum absolute atomic E-state index is 9.23. The summed E-state index contributed by atoms with van der Waals surface area (Å²) in [5.41, 5.74) is 4.38. The molecule has 0 bridgehead atoms. The second-order valence-electron chi connectivity index (χ2n) is 4.42. The van der Waals surface area contributed by atoms with E-state index in [2.05, 4.69) is 40.6 Å². The summed E-state index contributed by atoms with van der Waals surface area (Å²) in [4.78, 5) is 0. The largest absolute Gasteiger partial charge is 0.338 e. The van der Waals surface area contributed by atoms with Crippen molar-refractivity contribution in [3.63, 3.8) is 0 Å². The molecule has 1 aromatic carbocycles.